The second kappa shape index (κ2) is 8.18. The predicted octanol–water partition coefficient (Wildman–Crippen LogP) is 1.76. The molecule has 10 heteroatoms. The Morgan fingerprint density at radius 1 is 1.21 bits per heavy atom. The molecule has 0 aliphatic heterocycles. The average molecular weight is 370 g/mol. The van der Waals surface area contributed by atoms with Gasteiger partial charge in [-0.2, -0.15) is 0 Å². The zero-order valence-electron chi connectivity index (χ0n) is 13.3. The molecule has 0 fully saturated rings. The molecule has 0 unspecified atom stereocenters. The van der Waals surface area contributed by atoms with Crippen molar-refractivity contribution in [3.05, 3.63) is 29.8 Å². The van der Waals surface area contributed by atoms with E-state index in [1.165, 1.54) is 0 Å². The van der Waals surface area contributed by atoms with Gasteiger partial charge in [0.15, 0.2) is 0 Å². The van der Waals surface area contributed by atoms with Crippen molar-refractivity contribution in [1.82, 2.24) is 14.9 Å². The van der Waals surface area contributed by atoms with Crippen LogP contribution in [0, 0.1) is 0 Å². The summed E-state index contributed by atoms with van der Waals surface area (Å²) in [7, 11) is -3.79. The molecule has 1 aromatic heterocycles. The molecule has 1 heterocycles. The number of benzene rings is 1. The smallest absolute Gasteiger partial charge is 0.270 e. The van der Waals surface area contributed by atoms with Crippen molar-refractivity contribution in [1.29, 1.82) is 0 Å². The number of amides is 1. The first-order valence-corrected chi connectivity index (χ1v) is 9.59. The van der Waals surface area contributed by atoms with E-state index in [-0.39, 0.29) is 28.3 Å². The van der Waals surface area contributed by atoms with Gasteiger partial charge in [-0.05, 0) is 24.6 Å². The van der Waals surface area contributed by atoms with Crippen molar-refractivity contribution in [3.8, 4) is 5.75 Å². The summed E-state index contributed by atoms with van der Waals surface area (Å²) >= 11 is 0.803. The van der Waals surface area contributed by atoms with Crippen LogP contribution < -0.4 is 14.8 Å². The lowest BCUT2D eigenvalue weighted by Crippen LogP contribution is -2.23. The molecule has 0 atom stereocenters. The Morgan fingerprint density at radius 2 is 1.92 bits per heavy atom. The van der Waals surface area contributed by atoms with E-state index in [0.29, 0.717) is 6.61 Å². The van der Waals surface area contributed by atoms with Crippen LogP contribution in [-0.2, 0) is 21.4 Å². The first-order chi connectivity index (χ1) is 11.4. The van der Waals surface area contributed by atoms with Gasteiger partial charge in [-0.3, -0.25) is 4.79 Å². The first-order valence-electron chi connectivity index (χ1n) is 7.29. The second-order valence-electron chi connectivity index (χ2n) is 4.68. The summed E-state index contributed by atoms with van der Waals surface area (Å²) in [6.45, 7) is 4.26. The summed E-state index contributed by atoms with van der Waals surface area (Å²) in [5, 5.41) is 9.90. The Morgan fingerprint density at radius 3 is 2.54 bits per heavy atom. The maximum absolute atomic E-state index is 12.2. The summed E-state index contributed by atoms with van der Waals surface area (Å²) in [5.41, 5.74) is 0.783. The molecule has 0 aliphatic rings. The van der Waals surface area contributed by atoms with Crippen molar-refractivity contribution in [2.75, 3.05) is 11.9 Å². The monoisotopic (exact) mass is 370 g/mol. The molecule has 8 nitrogen and oxygen atoms in total. The van der Waals surface area contributed by atoms with E-state index in [4.69, 9.17) is 4.74 Å². The summed E-state index contributed by atoms with van der Waals surface area (Å²) in [4.78, 5) is 11.3. The van der Waals surface area contributed by atoms with Gasteiger partial charge >= 0.3 is 0 Å². The number of rotatable bonds is 8. The number of sulfonamides is 1. The van der Waals surface area contributed by atoms with Crippen LogP contribution in [0.5, 0.6) is 5.75 Å². The largest absolute Gasteiger partial charge is 0.494 e. The SMILES string of the molecule is CCOc1ccc(CNS(=O)(=O)c2nnc(NC(=O)CC)s2)cc1. The van der Waals surface area contributed by atoms with E-state index >= 15 is 0 Å². The lowest BCUT2D eigenvalue weighted by molar-refractivity contribution is -0.115. The van der Waals surface area contributed by atoms with Crippen molar-refractivity contribution >= 4 is 32.4 Å². The van der Waals surface area contributed by atoms with Crippen LogP contribution in [-0.4, -0.2) is 31.1 Å². The van der Waals surface area contributed by atoms with E-state index in [2.05, 4.69) is 20.2 Å². The topological polar surface area (TPSA) is 110 Å². The standard InChI is InChI=1S/C14H18N4O4S2/c1-3-12(19)16-13-17-18-14(23-13)24(20,21)15-9-10-5-7-11(8-6-10)22-4-2/h5-8,15H,3-4,9H2,1-2H3,(H,16,17,19). The lowest BCUT2D eigenvalue weighted by atomic mass is 10.2. The van der Waals surface area contributed by atoms with E-state index in [1.807, 2.05) is 6.92 Å². The summed E-state index contributed by atoms with van der Waals surface area (Å²) in [5.74, 6) is 0.474. The number of hydrogen-bond acceptors (Lipinski definition) is 7. The van der Waals surface area contributed by atoms with Crippen LogP contribution in [0.3, 0.4) is 0 Å². The Balaban J connectivity index is 1.99. The van der Waals surface area contributed by atoms with Crippen molar-refractivity contribution < 1.29 is 17.9 Å². The van der Waals surface area contributed by atoms with Crippen LogP contribution in [0.25, 0.3) is 0 Å². The van der Waals surface area contributed by atoms with E-state index in [1.54, 1.807) is 31.2 Å². The van der Waals surface area contributed by atoms with Crippen molar-refractivity contribution in [2.45, 2.75) is 31.2 Å². The number of carbonyl (C=O) groups excluding carboxylic acids is 1. The predicted molar refractivity (Wildman–Crippen MR) is 90.5 cm³/mol. The van der Waals surface area contributed by atoms with Gasteiger partial charge in [-0.15, -0.1) is 10.2 Å². The minimum Gasteiger partial charge on any atom is -0.494 e. The first kappa shape index (κ1) is 18.3. The highest BCUT2D eigenvalue weighted by molar-refractivity contribution is 7.91. The third kappa shape index (κ3) is 4.98. The number of aromatic nitrogens is 2. The van der Waals surface area contributed by atoms with Gasteiger partial charge in [0, 0.05) is 13.0 Å². The van der Waals surface area contributed by atoms with E-state index in [9.17, 15) is 13.2 Å². The Bertz CT molecular complexity index is 787. The van der Waals surface area contributed by atoms with Gasteiger partial charge in [0.25, 0.3) is 10.0 Å². The van der Waals surface area contributed by atoms with Crippen LogP contribution >= 0.6 is 11.3 Å². The van der Waals surface area contributed by atoms with E-state index in [0.717, 1.165) is 22.6 Å². The number of nitrogens with zero attached hydrogens (tertiary/aromatic N) is 2. The van der Waals surface area contributed by atoms with Crippen LogP contribution in [0.1, 0.15) is 25.8 Å². The molecule has 1 aromatic carbocycles. The highest BCUT2D eigenvalue weighted by Crippen LogP contribution is 2.20. The molecule has 2 rings (SSSR count). The maximum atomic E-state index is 12.2. The van der Waals surface area contributed by atoms with Gasteiger partial charge in [0.1, 0.15) is 5.75 Å². The minimum absolute atomic E-state index is 0.116. The molecular weight excluding hydrogens is 352 g/mol. The highest BCUT2D eigenvalue weighted by Gasteiger charge is 2.20. The lowest BCUT2D eigenvalue weighted by Gasteiger charge is -2.06. The number of nitrogens with one attached hydrogen (secondary N) is 2. The highest BCUT2D eigenvalue weighted by atomic mass is 32.2. The van der Waals surface area contributed by atoms with Crippen LogP contribution in [0.4, 0.5) is 5.13 Å². The number of hydrogen-bond donors (Lipinski definition) is 2. The zero-order chi connectivity index (χ0) is 17.6. The number of ether oxygens (including phenoxy) is 1. The third-order valence-corrected chi connectivity index (χ3v) is 5.51. The molecule has 24 heavy (non-hydrogen) atoms. The fourth-order valence-electron chi connectivity index (χ4n) is 1.69. The number of carbonyl (C=O) groups is 1. The molecule has 1 amide bonds. The molecular formula is C14H18N4O4S2. The van der Waals surface area contributed by atoms with Crippen LogP contribution in [0.15, 0.2) is 28.6 Å². The molecule has 0 radical (unpaired) electrons. The quantitative estimate of drug-likeness (QED) is 0.685. The molecule has 0 saturated carbocycles. The molecule has 0 saturated heterocycles. The normalized spacial score (nSPS) is 11.2. The second-order valence-corrected chi connectivity index (χ2v) is 7.59. The fraction of sp³-hybridized carbons (Fsp3) is 0.357. The van der Waals surface area contributed by atoms with Gasteiger partial charge in [0.2, 0.25) is 15.4 Å². The Hall–Kier alpha value is -2.04. The zero-order valence-corrected chi connectivity index (χ0v) is 14.9. The molecule has 130 valence electrons. The van der Waals surface area contributed by atoms with Gasteiger partial charge in [-0.25, -0.2) is 13.1 Å². The molecule has 0 bridgehead atoms. The fourth-order valence-corrected chi connectivity index (χ4v) is 3.66. The van der Waals surface area contributed by atoms with Gasteiger partial charge in [-0.1, -0.05) is 30.4 Å². The Kier molecular flexibility index (Phi) is 6.23. The third-order valence-electron chi connectivity index (χ3n) is 2.90. The average Bonchev–Trinajstić information content (AvgIpc) is 3.04. The molecule has 0 spiro atoms. The van der Waals surface area contributed by atoms with Crippen LogP contribution in [0.2, 0.25) is 0 Å². The molecule has 0 aliphatic carbocycles. The van der Waals surface area contributed by atoms with E-state index < -0.39 is 10.0 Å². The molecule has 2 N–H and O–H groups in total. The van der Waals surface area contributed by atoms with Crippen molar-refractivity contribution in [3.63, 3.8) is 0 Å². The molecule has 2 aromatic rings. The minimum atomic E-state index is -3.79. The summed E-state index contributed by atoms with van der Waals surface area (Å²) in [6, 6.07) is 7.11. The maximum Gasteiger partial charge on any atom is 0.270 e. The number of anilines is 1. The van der Waals surface area contributed by atoms with Gasteiger partial charge < -0.3 is 10.1 Å². The Labute approximate surface area is 144 Å². The van der Waals surface area contributed by atoms with Crippen molar-refractivity contribution in [2.24, 2.45) is 0 Å². The summed E-state index contributed by atoms with van der Waals surface area (Å²) in [6.07, 6.45) is 0.275. The van der Waals surface area contributed by atoms with Gasteiger partial charge in [0.05, 0.1) is 6.61 Å². The summed E-state index contributed by atoms with van der Waals surface area (Å²) < 4.78 is 32.0.